The molecule has 7 rings (SSSR count). The number of hydrogen-bond donors (Lipinski definition) is 1. The lowest BCUT2D eigenvalue weighted by atomic mass is 9.93. The van der Waals surface area contributed by atoms with E-state index in [1.54, 1.807) is 24.7 Å². The number of aromatic nitrogens is 5. The molecule has 3 aromatic carbocycles. The van der Waals surface area contributed by atoms with Crippen molar-refractivity contribution in [1.29, 1.82) is 0 Å². The van der Waals surface area contributed by atoms with Crippen molar-refractivity contribution in [3.63, 3.8) is 0 Å². The van der Waals surface area contributed by atoms with Gasteiger partial charge in [-0.25, -0.2) is 18.9 Å². The van der Waals surface area contributed by atoms with E-state index in [4.69, 9.17) is 0 Å². The van der Waals surface area contributed by atoms with Gasteiger partial charge < -0.3 is 9.67 Å². The van der Waals surface area contributed by atoms with E-state index in [1.807, 2.05) is 46.8 Å². The SMILES string of the molecule is Cn1c(=O)c2c(nc(CCCCCN3CC(C(=O)O)n4c(c(-c5cccc(C(F)(F)F)c5)c(Cc5cccc6ccccc56)cc4=O)S3)n2C)n(C)c1=O. The van der Waals surface area contributed by atoms with Crippen LogP contribution in [-0.4, -0.2) is 51.7 Å². The first kappa shape index (κ1) is 36.9. The van der Waals surface area contributed by atoms with Crippen LogP contribution >= 0.6 is 11.9 Å². The summed E-state index contributed by atoms with van der Waals surface area (Å²) in [6.45, 7) is 0.454. The number of alkyl halides is 3. The largest absolute Gasteiger partial charge is 0.480 e. The van der Waals surface area contributed by atoms with Crippen molar-refractivity contribution >= 4 is 39.9 Å². The molecule has 1 atom stereocenters. The van der Waals surface area contributed by atoms with E-state index in [9.17, 15) is 37.5 Å². The Morgan fingerprint density at radius 1 is 0.889 bits per heavy atom. The van der Waals surface area contributed by atoms with E-state index < -0.39 is 40.6 Å². The monoisotopic (exact) mass is 758 g/mol. The molecule has 15 heteroatoms. The number of fused-ring (bicyclic) bond motifs is 3. The molecular formula is C39H37F3N6O5S. The number of pyridine rings is 1. The van der Waals surface area contributed by atoms with Crippen LogP contribution in [0.2, 0.25) is 0 Å². The third kappa shape index (κ3) is 6.77. The Kier molecular flexibility index (Phi) is 9.87. The minimum Gasteiger partial charge on any atom is -0.480 e. The molecule has 0 bridgehead atoms. The van der Waals surface area contributed by atoms with E-state index in [0.717, 1.165) is 33.0 Å². The van der Waals surface area contributed by atoms with Crippen LogP contribution in [0, 0.1) is 0 Å². The maximum absolute atomic E-state index is 14.0. The molecule has 1 N–H and O–H groups in total. The molecule has 6 aromatic rings. The lowest BCUT2D eigenvalue weighted by Crippen LogP contribution is -2.42. The van der Waals surface area contributed by atoms with Crippen LogP contribution in [-0.2, 0) is 45.0 Å². The summed E-state index contributed by atoms with van der Waals surface area (Å²) in [4.78, 5) is 56.3. The zero-order chi connectivity index (χ0) is 38.5. The first-order chi connectivity index (χ1) is 25.7. The van der Waals surface area contributed by atoms with Crippen molar-refractivity contribution in [2.75, 3.05) is 13.1 Å². The van der Waals surface area contributed by atoms with Gasteiger partial charge in [0.1, 0.15) is 16.9 Å². The van der Waals surface area contributed by atoms with Crippen LogP contribution in [0.1, 0.15) is 47.8 Å². The summed E-state index contributed by atoms with van der Waals surface area (Å²) in [5, 5.41) is 12.6. The number of hydrogen-bond acceptors (Lipinski definition) is 7. The molecule has 54 heavy (non-hydrogen) atoms. The summed E-state index contributed by atoms with van der Waals surface area (Å²) < 4.78 is 49.2. The van der Waals surface area contributed by atoms with Gasteiger partial charge in [-0.3, -0.25) is 23.3 Å². The standard InChI is InChI=1S/C39H37F3N6O5S/c1-44-30(43-34-33(44)35(50)46(3)38(53)45(34)2)17-5-4-8-18-47-22-29(37(51)52)48-31(49)21-26(19-24-13-9-12-23-11-6-7-16-28(23)24)32(36(48)54-47)25-14-10-15-27(20-25)39(40,41)42/h6-7,9-16,20-21,29H,4-5,8,17-19,22H2,1-3H3,(H,51,52). The van der Waals surface area contributed by atoms with Gasteiger partial charge in [0, 0.05) is 52.3 Å². The lowest BCUT2D eigenvalue weighted by molar-refractivity contribution is -0.141. The number of rotatable bonds is 10. The van der Waals surface area contributed by atoms with Crippen molar-refractivity contribution in [1.82, 2.24) is 27.6 Å². The Bertz CT molecular complexity index is 2620. The van der Waals surface area contributed by atoms with E-state index in [2.05, 4.69) is 4.98 Å². The lowest BCUT2D eigenvalue weighted by Gasteiger charge is -2.35. The Morgan fingerprint density at radius 3 is 2.39 bits per heavy atom. The Hall–Kier alpha value is -5.41. The molecule has 0 fully saturated rings. The van der Waals surface area contributed by atoms with E-state index in [-0.39, 0.29) is 23.6 Å². The third-order valence-corrected chi connectivity index (χ3v) is 11.3. The van der Waals surface area contributed by atoms with E-state index in [0.29, 0.717) is 60.3 Å². The third-order valence-electron chi connectivity index (χ3n) is 10.1. The number of carboxylic acid groups (broad SMARTS) is 1. The van der Waals surface area contributed by atoms with Crippen molar-refractivity contribution in [3.05, 3.63) is 127 Å². The average molecular weight is 759 g/mol. The summed E-state index contributed by atoms with van der Waals surface area (Å²) in [7, 11) is 4.73. The zero-order valence-electron chi connectivity index (χ0n) is 29.8. The molecule has 0 saturated carbocycles. The van der Waals surface area contributed by atoms with Gasteiger partial charge in [-0.2, -0.15) is 13.2 Å². The van der Waals surface area contributed by atoms with Crippen LogP contribution in [0.25, 0.3) is 33.1 Å². The van der Waals surface area contributed by atoms with Gasteiger partial charge in [0.05, 0.1) is 5.56 Å². The Labute approximate surface area is 311 Å². The highest BCUT2D eigenvalue weighted by atomic mass is 32.2. The molecule has 0 aliphatic carbocycles. The Balaban J connectivity index is 1.20. The minimum absolute atomic E-state index is 0.0136. The molecule has 11 nitrogen and oxygen atoms in total. The van der Waals surface area contributed by atoms with Crippen molar-refractivity contribution < 1.29 is 23.1 Å². The van der Waals surface area contributed by atoms with Gasteiger partial charge in [-0.05, 0) is 70.8 Å². The highest BCUT2D eigenvalue weighted by molar-refractivity contribution is 7.97. The topological polar surface area (TPSA) is 124 Å². The van der Waals surface area contributed by atoms with Gasteiger partial charge in [0.15, 0.2) is 11.2 Å². The van der Waals surface area contributed by atoms with Crippen LogP contribution in [0.3, 0.4) is 0 Å². The van der Waals surface area contributed by atoms with E-state index >= 15 is 0 Å². The van der Waals surface area contributed by atoms with Crippen LogP contribution < -0.4 is 16.8 Å². The summed E-state index contributed by atoms with van der Waals surface area (Å²) in [6, 6.07) is 18.5. The average Bonchev–Trinajstić information content (AvgIpc) is 3.48. The molecule has 0 spiro atoms. The predicted molar refractivity (Wildman–Crippen MR) is 201 cm³/mol. The fourth-order valence-corrected chi connectivity index (χ4v) is 8.61. The number of carboxylic acids is 1. The molecule has 1 aliphatic heterocycles. The van der Waals surface area contributed by atoms with E-state index in [1.165, 1.54) is 40.3 Å². The van der Waals surface area contributed by atoms with Crippen molar-refractivity contribution in [2.45, 2.75) is 49.3 Å². The minimum atomic E-state index is -4.62. The van der Waals surface area contributed by atoms with Gasteiger partial charge in [0.25, 0.3) is 11.1 Å². The first-order valence-electron chi connectivity index (χ1n) is 17.4. The summed E-state index contributed by atoms with van der Waals surface area (Å²) in [5.41, 5.74) is 0.373. The van der Waals surface area contributed by atoms with Crippen molar-refractivity contribution in [3.8, 4) is 11.1 Å². The quantitative estimate of drug-likeness (QED) is 0.135. The predicted octanol–water partition coefficient (Wildman–Crippen LogP) is 5.92. The fourth-order valence-electron chi connectivity index (χ4n) is 7.28. The van der Waals surface area contributed by atoms with Gasteiger partial charge in [-0.1, -0.05) is 61.0 Å². The highest BCUT2D eigenvalue weighted by Crippen LogP contribution is 2.42. The normalized spacial score (nSPS) is 14.9. The van der Waals surface area contributed by atoms with Gasteiger partial charge >= 0.3 is 17.8 Å². The van der Waals surface area contributed by atoms with Gasteiger partial charge in [-0.15, -0.1) is 0 Å². The smallest absolute Gasteiger partial charge is 0.416 e. The van der Waals surface area contributed by atoms with Gasteiger partial charge in [0.2, 0.25) is 0 Å². The number of unbranched alkanes of at least 4 members (excludes halogenated alkanes) is 2. The highest BCUT2D eigenvalue weighted by Gasteiger charge is 2.36. The number of imidazole rings is 1. The van der Waals surface area contributed by atoms with Crippen LogP contribution in [0.15, 0.2) is 92.2 Å². The Morgan fingerprint density at radius 2 is 1.63 bits per heavy atom. The maximum Gasteiger partial charge on any atom is 0.416 e. The zero-order valence-corrected chi connectivity index (χ0v) is 30.6. The van der Waals surface area contributed by atoms with Crippen LogP contribution in [0.5, 0.6) is 0 Å². The van der Waals surface area contributed by atoms with Crippen molar-refractivity contribution in [2.24, 2.45) is 21.1 Å². The number of benzene rings is 3. The second-order valence-corrected chi connectivity index (χ2v) is 14.6. The molecule has 4 heterocycles. The van der Waals surface area contributed by atoms with Crippen LogP contribution in [0.4, 0.5) is 13.2 Å². The number of carbonyl (C=O) groups is 1. The fraction of sp³-hybridized carbons (Fsp3) is 0.308. The molecule has 0 saturated heterocycles. The number of halogens is 3. The molecule has 0 amide bonds. The molecule has 1 unspecified atom stereocenters. The molecule has 0 radical (unpaired) electrons. The molecule has 1 aliphatic rings. The second-order valence-electron chi connectivity index (χ2n) is 13.6. The molecular weight excluding hydrogens is 722 g/mol. The molecule has 3 aromatic heterocycles. The number of nitrogens with zero attached hydrogens (tertiary/aromatic N) is 6. The number of aryl methyl sites for hydroxylation is 3. The summed E-state index contributed by atoms with van der Waals surface area (Å²) >= 11 is 1.19. The first-order valence-corrected chi connectivity index (χ1v) is 18.2. The second kappa shape index (κ2) is 14.4. The maximum atomic E-state index is 14.0. The number of aliphatic carboxylic acids is 1. The summed E-state index contributed by atoms with van der Waals surface area (Å²) in [5.74, 6) is -0.567. The summed E-state index contributed by atoms with van der Waals surface area (Å²) in [6.07, 6.45) is -1.81. The molecule has 280 valence electrons.